The fourth-order valence-corrected chi connectivity index (χ4v) is 2.65. The van der Waals surface area contributed by atoms with Crippen molar-refractivity contribution >= 4 is 41.5 Å². The highest BCUT2D eigenvalue weighted by molar-refractivity contribution is 14.0. The highest BCUT2D eigenvalue weighted by atomic mass is 127. The van der Waals surface area contributed by atoms with Crippen LogP contribution >= 0.6 is 35.6 Å². The lowest BCUT2D eigenvalue weighted by Crippen LogP contribution is -2.38. The summed E-state index contributed by atoms with van der Waals surface area (Å²) in [6, 6.07) is 7.86. The highest BCUT2D eigenvalue weighted by Gasteiger charge is 2.10. The molecular weight excluding hydrogens is 411 g/mol. The van der Waals surface area contributed by atoms with Gasteiger partial charge in [-0.1, -0.05) is 23.7 Å². The second-order valence-corrected chi connectivity index (χ2v) is 5.82. The van der Waals surface area contributed by atoms with Gasteiger partial charge in [0.2, 0.25) is 0 Å². The normalized spacial score (nSPS) is 15.5. The summed E-state index contributed by atoms with van der Waals surface area (Å²) in [7, 11) is 1.80. The monoisotopic (exact) mass is 436 g/mol. The Hall–Kier alpha value is -0.530. The van der Waals surface area contributed by atoms with E-state index in [1.54, 1.807) is 7.05 Å². The van der Waals surface area contributed by atoms with Gasteiger partial charge in [-0.05, 0) is 56.6 Å². The molecule has 0 aliphatic carbocycles. The van der Waals surface area contributed by atoms with Crippen molar-refractivity contribution in [3.05, 3.63) is 34.9 Å². The van der Waals surface area contributed by atoms with E-state index in [1.807, 2.05) is 24.3 Å². The maximum atomic E-state index is 5.88. The van der Waals surface area contributed by atoms with E-state index >= 15 is 0 Å². The fraction of sp³-hybridized carbons (Fsp3) is 0.562. The molecule has 1 aromatic carbocycles. The van der Waals surface area contributed by atoms with E-state index in [2.05, 4.69) is 20.5 Å². The van der Waals surface area contributed by atoms with Crippen molar-refractivity contribution in [3.8, 4) is 0 Å². The number of rotatable bonds is 6. The van der Waals surface area contributed by atoms with Crippen LogP contribution in [0, 0.1) is 0 Å². The Morgan fingerprint density at radius 1 is 1.18 bits per heavy atom. The van der Waals surface area contributed by atoms with Crippen LogP contribution in [0.4, 0.5) is 0 Å². The minimum Gasteiger partial charge on any atom is -0.356 e. The zero-order valence-electron chi connectivity index (χ0n) is 13.1. The molecule has 0 amide bonds. The third kappa shape index (κ3) is 7.15. The number of hydrogen-bond donors (Lipinski definition) is 2. The maximum absolute atomic E-state index is 5.88. The Balaban J connectivity index is 0.00000242. The molecule has 0 unspecified atom stereocenters. The number of halogens is 2. The molecule has 0 bridgehead atoms. The number of nitrogens with one attached hydrogen (secondary N) is 2. The molecule has 0 aromatic heterocycles. The Morgan fingerprint density at radius 2 is 1.86 bits per heavy atom. The molecule has 2 N–H and O–H groups in total. The standard InChI is InChI=1S/C16H25ClN4.HI/c1-18-16(19-9-4-12-21-10-2-3-11-21)20-13-14-5-7-15(17)8-6-14;/h5-8H,2-4,9-13H2,1H3,(H2,18,19,20);1H. The topological polar surface area (TPSA) is 39.7 Å². The van der Waals surface area contributed by atoms with Crippen LogP contribution in [0.1, 0.15) is 24.8 Å². The third-order valence-corrected chi connectivity index (χ3v) is 3.99. The first-order valence-electron chi connectivity index (χ1n) is 7.69. The van der Waals surface area contributed by atoms with Crippen LogP contribution in [0.15, 0.2) is 29.3 Å². The molecule has 0 saturated carbocycles. The van der Waals surface area contributed by atoms with E-state index in [1.165, 1.54) is 38.0 Å². The maximum Gasteiger partial charge on any atom is 0.191 e. The molecule has 2 rings (SSSR count). The summed E-state index contributed by atoms with van der Waals surface area (Å²) in [6.07, 6.45) is 3.87. The summed E-state index contributed by atoms with van der Waals surface area (Å²) < 4.78 is 0. The zero-order chi connectivity index (χ0) is 14.9. The van der Waals surface area contributed by atoms with Crippen molar-refractivity contribution in [1.82, 2.24) is 15.5 Å². The first-order valence-corrected chi connectivity index (χ1v) is 8.07. The van der Waals surface area contributed by atoms with Crippen molar-refractivity contribution in [3.63, 3.8) is 0 Å². The van der Waals surface area contributed by atoms with Gasteiger partial charge in [-0.3, -0.25) is 4.99 Å². The largest absolute Gasteiger partial charge is 0.356 e. The molecule has 1 aliphatic rings. The van der Waals surface area contributed by atoms with Gasteiger partial charge in [0.15, 0.2) is 5.96 Å². The summed E-state index contributed by atoms with van der Waals surface area (Å²) in [6.45, 7) is 5.42. The molecule has 1 fully saturated rings. The molecule has 1 aromatic rings. The smallest absolute Gasteiger partial charge is 0.191 e. The Bertz CT molecular complexity index is 444. The molecular formula is C16H26ClIN4. The minimum absolute atomic E-state index is 0. The number of benzene rings is 1. The lowest BCUT2D eigenvalue weighted by atomic mass is 10.2. The van der Waals surface area contributed by atoms with E-state index in [0.29, 0.717) is 0 Å². The van der Waals surface area contributed by atoms with Gasteiger partial charge in [-0.25, -0.2) is 0 Å². The third-order valence-electron chi connectivity index (χ3n) is 3.74. The lowest BCUT2D eigenvalue weighted by molar-refractivity contribution is 0.334. The molecule has 6 heteroatoms. The summed E-state index contributed by atoms with van der Waals surface area (Å²) in [4.78, 5) is 6.78. The van der Waals surface area contributed by atoms with Crippen LogP contribution in [-0.4, -0.2) is 44.1 Å². The summed E-state index contributed by atoms with van der Waals surface area (Å²) >= 11 is 5.88. The Kier molecular flexibility index (Phi) is 9.82. The fourth-order valence-electron chi connectivity index (χ4n) is 2.52. The molecule has 22 heavy (non-hydrogen) atoms. The minimum atomic E-state index is 0. The molecule has 4 nitrogen and oxygen atoms in total. The quantitative estimate of drug-likeness (QED) is 0.311. The van der Waals surface area contributed by atoms with Gasteiger partial charge in [0.1, 0.15) is 0 Å². The number of guanidine groups is 1. The van der Waals surface area contributed by atoms with Crippen molar-refractivity contribution in [2.45, 2.75) is 25.8 Å². The summed E-state index contributed by atoms with van der Waals surface area (Å²) in [5.74, 6) is 0.853. The SMILES string of the molecule is CN=C(NCCCN1CCCC1)NCc1ccc(Cl)cc1.I. The van der Waals surface area contributed by atoms with E-state index in [0.717, 1.165) is 30.5 Å². The van der Waals surface area contributed by atoms with Crippen LogP contribution in [0.3, 0.4) is 0 Å². The molecule has 0 atom stereocenters. The number of hydrogen-bond acceptors (Lipinski definition) is 2. The second kappa shape index (κ2) is 11.1. The van der Waals surface area contributed by atoms with Gasteiger partial charge >= 0.3 is 0 Å². The average Bonchev–Trinajstić information content (AvgIpc) is 3.01. The predicted octanol–water partition coefficient (Wildman–Crippen LogP) is 3.11. The van der Waals surface area contributed by atoms with Gasteiger partial charge in [0.25, 0.3) is 0 Å². The van der Waals surface area contributed by atoms with E-state index in [-0.39, 0.29) is 24.0 Å². The summed E-state index contributed by atoms with van der Waals surface area (Å²) in [5, 5.41) is 7.44. The van der Waals surface area contributed by atoms with Crippen LogP contribution in [0.5, 0.6) is 0 Å². The molecule has 1 aliphatic heterocycles. The highest BCUT2D eigenvalue weighted by Crippen LogP contribution is 2.09. The average molecular weight is 437 g/mol. The van der Waals surface area contributed by atoms with Crippen LogP contribution in [0.25, 0.3) is 0 Å². The van der Waals surface area contributed by atoms with Gasteiger partial charge in [0, 0.05) is 25.2 Å². The Labute approximate surface area is 155 Å². The van der Waals surface area contributed by atoms with Gasteiger partial charge in [0.05, 0.1) is 0 Å². The molecule has 1 heterocycles. The summed E-state index contributed by atoms with van der Waals surface area (Å²) in [5.41, 5.74) is 1.19. The van der Waals surface area contributed by atoms with Gasteiger partial charge < -0.3 is 15.5 Å². The van der Waals surface area contributed by atoms with Crippen LogP contribution < -0.4 is 10.6 Å². The van der Waals surface area contributed by atoms with Crippen LogP contribution in [-0.2, 0) is 6.54 Å². The molecule has 0 spiro atoms. The molecule has 1 saturated heterocycles. The zero-order valence-corrected chi connectivity index (χ0v) is 16.2. The number of likely N-dealkylation sites (tertiary alicyclic amines) is 1. The number of nitrogens with zero attached hydrogens (tertiary/aromatic N) is 2. The molecule has 0 radical (unpaired) electrons. The van der Waals surface area contributed by atoms with Crippen molar-refractivity contribution in [2.75, 3.05) is 33.2 Å². The predicted molar refractivity (Wildman–Crippen MR) is 105 cm³/mol. The number of aliphatic imine (C=N–C) groups is 1. The van der Waals surface area contributed by atoms with Crippen molar-refractivity contribution < 1.29 is 0 Å². The van der Waals surface area contributed by atoms with E-state index < -0.39 is 0 Å². The van der Waals surface area contributed by atoms with Crippen molar-refractivity contribution in [2.24, 2.45) is 4.99 Å². The Morgan fingerprint density at radius 3 is 2.50 bits per heavy atom. The van der Waals surface area contributed by atoms with Crippen molar-refractivity contribution in [1.29, 1.82) is 0 Å². The van der Waals surface area contributed by atoms with E-state index in [4.69, 9.17) is 11.6 Å². The van der Waals surface area contributed by atoms with E-state index in [9.17, 15) is 0 Å². The van der Waals surface area contributed by atoms with Gasteiger partial charge in [-0.15, -0.1) is 24.0 Å². The lowest BCUT2D eigenvalue weighted by Gasteiger charge is -2.16. The first kappa shape index (κ1) is 19.5. The van der Waals surface area contributed by atoms with Gasteiger partial charge in [-0.2, -0.15) is 0 Å². The second-order valence-electron chi connectivity index (χ2n) is 5.38. The van der Waals surface area contributed by atoms with Crippen LogP contribution in [0.2, 0.25) is 5.02 Å². The molecule has 124 valence electrons. The first-order chi connectivity index (χ1) is 10.3.